The number of anilines is 1. The molecule has 1 fully saturated rings. The van der Waals surface area contributed by atoms with Gasteiger partial charge in [-0.2, -0.15) is 4.31 Å². The summed E-state index contributed by atoms with van der Waals surface area (Å²) in [4.78, 5) is 12.9. The van der Waals surface area contributed by atoms with Gasteiger partial charge in [0, 0.05) is 24.0 Å². The van der Waals surface area contributed by atoms with Crippen LogP contribution in [0.5, 0.6) is 11.5 Å². The SMILES string of the molecule is COc1ccc(Cl)cc1NC(=O)C1CCN(S(=O)(=O)c2cc(C)ccc2OC)CC1. The molecule has 0 spiro atoms. The van der Waals surface area contributed by atoms with Crippen LogP contribution in [0.15, 0.2) is 41.3 Å². The average molecular weight is 453 g/mol. The molecule has 0 aliphatic carbocycles. The Morgan fingerprint density at radius 3 is 2.33 bits per heavy atom. The number of piperidine rings is 1. The third kappa shape index (κ3) is 4.71. The summed E-state index contributed by atoms with van der Waals surface area (Å²) in [6.45, 7) is 2.34. The van der Waals surface area contributed by atoms with Crippen molar-refractivity contribution in [1.82, 2.24) is 4.31 Å². The first-order chi connectivity index (χ1) is 14.3. The van der Waals surface area contributed by atoms with Gasteiger partial charge in [-0.05, 0) is 55.7 Å². The van der Waals surface area contributed by atoms with Gasteiger partial charge >= 0.3 is 0 Å². The zero-order valence-electron chi connectivity index (χ0n) is 17.1. The molecule has 1 saturated heterocycles. The molecule has 1 heterocycles. The summed E-state index contributed by atoms with van der Waals surface area (Å²) < 4.78 is 38.2. The van der Waals surface area contributed by atoms with E-state index in [4.69, 9.17) is 21.1 Å². The molecule has 3 rings (SSSR count). The average Bonchev–Trinajstić information content (AvgIpc) is 2.74. The second-order valence-electron chi connectivity index (χ2n) is 7.17. The molecule has 7 nitrogen and oxygen atoms in total. The first-order valence-corrected chi connectivity index (χ1v) is 11.4. The summed E-state index contributed by atoms with van der Waals surface area (Å²) in [5, 5.41) is 3.33. The molecule has 0 radical (unpaired) electrons. The highest BCUT2D eigenvalue weighted by atomic mass is 35.5. The van der Waals surface area contributed by atoms with Gasteiger partial charge in [-0.3, -0.25) is 4.79 Å². The van der Waals surface area contributed by atoms with Gasteiger partial charge < -0.3 is 14.8 Å². The Morgan fingerprint density at radius 2 is 1.70 bits per heavy atom. The summed E-state index contributed by atoms with van der Waals surface area (Å²) in [5.41, 5.74) is 1.33. The molecule has 0 saturated carbocycles. The lowest BCUT2D eigenvalue weighted by molar-refractivity contribution is -0.120. The van der Waals surface area contributed by atoms with E-state index >= 15 is 0 Å². The van der Waals surface area contributed by atoms with E-state index < -0.39 is 10.0 Å². The predicted molar refractivity (Wildman–Crippen MR) is 116 cm³/mol. The van der Waals surface area contributed by atoms with E-state index in [1.165, 1.54) is 18.5 Å². The van der Waals surface area contributed by atoms with Crippen LogP contribution in [-0.4, -0.2) is 45.9 Å². The molecule has 0 atom stereocenters. The van der Waals surface area contributed by atoms with Crippen LogP contribution in [-0.2, 0) is 14.8 Å². The van der Waals surface area contributed by atoms with Crippen LogP contribution in [0.4, 0.5) is 5.69 Å². The van der Waals surface area contributed by atoms with E-state index in [2.05, 4.69) is 5.32 Å². The second kappa shape index (κ2) is 9.24. The topological polar surface area (TPSA) is 84.9 Å². The highest BCUT2D eigenvalue weighted by Gasteiger charge is 2.34. The van der Waals surface area contributed by atoms with Crippen molar-refractivity contribution in [3.63, 3.8) is 0 Å². The molecule has 0 bridgehead atoms. The lowest BCUT2D eigenvalue weighted by Crippen LogP contribution is -2.41. The van der Waals surface area contributed by atoms with Crippen molar-refractivity contribution in [2.24, 2.45) is 5.92 Å². The van der Waals surface area contributed by atoms with Crippen molar-refractivity contribution in [3.05, 3.63) is 47.0 Å². The number of carbonyl (C=O) groups is 1. The number of rotatable bonds is 6. The lowest BCUT2D eigenvalue weighted by atomic mass is 9.97. The fraction of sp³-hybridized carbons (Fsp3) is 0.381. The van der Waals surface area contributed by atoms with Crippen LogP contribution in [0.3, 0.4) is 0 Å². The van der Waals surface area contributed by atoms with Crippen molar-refractivity contribution in [2.75, 3.05) is 32.6 Å². The number of sulfonamides is 1. The van der Waals surface area contributed by atoms with Crippen molar-refractivity contribution in [3.8, 4) is 11.5 Å². The van der Waals surface area contributed by atoms with Gasteiger partial charge in [0.25, 0.3) is 0 Å². The maximum Gasteiger partial charge on any atom is 0.246 e. The molecule has 0 unspecified atom stereocenters. The van der Waals surface area contributed by atoms with Crippen LogP contribution >= 0.6 is 11.6 Å². The first-order valence-electron chi connectivity index (χ1n) is 9.55. The van der Waals surface area contributed by atoms with Crippen molar-refractivity contribution in [1.29, 1.82) is 0 Å². The minimum Gasteiger partial charge on any atom is -0.495 e. The summed E-state index contributed by atoms with van der Waals surface area (Å²) in [7, 11) is -0.748. The molecule has 30 heavy (non-hydrogen) atoms. The minimum absolute atomic E-state index is 0.150. The number of methoxy groups -OCH3 is 2. The molecule has 162 valence electrons. The Hall–Kier alpha value is -2.29. The van der Waals surface area contributed by atoms with E-state index in [1.807, 2.05) is 6.92 Å². The van der Waals surface area contributed by atoms with Crippen LogP contribution in [0.1, 0.15) is 18.4 Å². The lowest BCUT2D eigenvalue weighted by Gasteiger charge is -2.31. The molecule has 2 aromatic rings. The van der Waals surface area contributed by atoms with Gasteiger partial charge in [-0.15, -0.1) is 0 Å². The Morgan fingerprint density at radius 1 is 1.07 bits per heavy atom. The third-order valence-corrected chi connectivity index (χ3v) is 7.34. The van der Waals surface area contributed by atoms with E-state index in [-0.39, 0.29) is 29.8 Å². The van der Waals surface area contributed by atoms with E-state index in [9.17, 15) is 13.2 Å². The number of hydrogen-bond donors (Lipinski definition) is 1. The Labute approximate surface area is 182 Å². The number of amides is 1. The fourth-order valence-corrected chi connectivity index (χ4v) is 5.38. The van der Waals surface area contributed by atoms with Gasteiger partial charge in [0.1, 0.15) is 16.4 Å². The molecule has 1 amide bonds. The highest BCUT2D eigenvalue weighted by Crippen LogP contribution is 2.32. The number of ether oxygens (including phenoxy) is 2. The number of halogens is 1. The molecule has 2 aromatic carbocycles. The van der Waals surface area contributed by atoms with E-state index in [0.29, 0.717) is 35.1 Å². The second-order valence-corrected chi connectivity index (χ2v) is 9.51. The number of carbonyl (C=O) groups excluding carboxylic acids is 1. The van der Waals surface area contributed by atoms with Gasteiger partial charge in [0.05, 0.1) is 19.9 Å². The normalized spacial score (nSPS) is 15.6. The van der Waals surface area contributed by atoms with Crippen molar-refractivity contribution < 1.29 is 22.7 Å². The molecule has 9 heteroatoms. The zero-order chi connectivity index (χ0) is 21.9. The fourth-order valence-electron chi connectivity index (χ4n) is 3.50. The monoisotopic (exact) mass is 452 g/mol. The molecule has 1 N–H and O–H groups in total. The number of nitrogens with one attached hydrogen (secondary N) is 1. The molecule has 1 aliphatic rings. The van der Waals surface area contributed by atoms with Crippen LogP contribution in [0.2, 0.25) is 5.02 Å². The molecule has 0 aromatic heterocycles. The maximum atomic E-state index is 13.1. The smallest absolute Gasteiger partial charge is 0.246 e. The Balaban J connectivity index is 1.69. The minimum atomic E-state index is -3.71. The summed E-state index contributed by atoms with van der Waals surface area (Å²) in [6.07, 6.45) is 0.837. The number of benzene rings is 2. The standard InChI is InChI=1S/C21H25ClN2O5S/c1-14-4-6-19(29-3)20(12-14)30(26,27)24-10-8-15(9-11-24)21(25)23-17-13-16(22)5-7-18(17)28-2/h4-7,12-13,15H,8-11H2,1-3H3,(H,23,25). The van der Waals surface area contributed by atoms with E-state index in [0.717, 1.165) is 5.56 Å². The predicted octanol–water partition coefficient (Wildman–Crippen LogP) is 3.71. The number of nitrogens with zero attached hydrogens (tertiary/aromatic N) is 1. The van der Waals surface area contributed by atoms with Crippen LogP contribution in [0, 0.1) is 12.8 Å². The van der Waals surface area contributed by atoms with Crippen molar-refractivity contribution in [2.45, 2.75) is 24.7 Å². The zero-order valence-corrected chi connectivity index (χ0v) is 18.7. The largest absolute Gasteiger partial charge is 0.495 e. The first kappa shape index (κ1) is 22.4. The number of aryl methyl sites for hydroxylation is 1. The third-order valence-electron chi connectivity index (χ3n) is 5.18. The Bertz CT molecular complexity index is 1030. The molecule has 1 aliphatic heterocycles. The molecular weight excluding hydrogens is 428 g/mol. The summed E-state index contributed by atoms with van der Waals surface area (Å²) in [5.74, 6) is 0.341. The van der Waals surface area contributed by atoms with Gasteiger partial charge in [0.2, 0.25) is 15.9 Å². The van der Waals surface area contributed by atoms with Crippen molar-refractivity contribution >= 4 is 33.2 Å². The van der Waals surface area contributed by atoms with Gasteiger partial charge in [-0.1, -0.05) is 17.7 Å². The highest BCUT2D eigenvalue weighted by molar-refractivity contribution is 7.89. The van der Waals surface area contributed by atoms with Crippen LogP contribution in [0.25, 0.3) is 0 Å². The van der Waals surface area contributed by atoms with Gasteiger partial charge in [-0.25, -0.2) is 8.42 Å². The molecular formula is C21H25ClN2O5S. The Kier molecular flexibility index (Phi) is 6.90. The van der Waals surface area contributed by atoms with Gasteiger partial charge in [0.15, 0.2) is 0 Å². The van der Waals surface area contributed by atoms with E-state index in [1.54, 1.807) is 36.4 Å². The quantitative estimate of drug-likeness (QED) is 0.722. The number of hydrogen-bond acceptors (Lipinski definition) is 5. The van der Waals surface area contributed by atoms with Crippen LogP contribution < -0.4 is 14.8 Å². The maximum absolute atomic E-state index is 13.1. The summed E-state index contributed by atoms with van der Waals surface area (Å²) >= 11 is 6.02. The summed E-state index contributed by atoms with van der Waals surface area (Å²) in [6, 6.07) is 10.1.